The number of piperidine rings is 1. The third kappa shape index (κ3) is 3.40. The second kappa shape index (κ2) is 8.38. The van der Waals surface area contributed by atoms with Gasteiger partial charge in [-0.3, -0.25) is 13.9 Å². The van der Waals surface area contributed by atoms with Crippen molar-refractivity contribution >= 4 is 29.0 Å². The summed E-state index contributed by atoms with van der Waals surface area (Å²) in [6.45, 7) is 4.64. The number of fused-ring (bicyclic) bond motifs is 1. The van der Waals surface area contributed by atoms with Crippen LogP contribution in [0.25, 0.3) is 11.2 Å². The van der Waals surface area contributed by atoms with Crippen molar-refractivity contribution in [1.82, 2.24) is 19.1 Å². The van der Waals surface area contributed by atoms with E-state index in [1.165, 1.54) is 18.1 Å². The molecule has 4 rings (SSSR count). The lowest BCUT2D eigenvalue weighted by atomic mass is 10.1. The minimum atomic E-state index is -0.430. The lowest BCUT2D eigenvalue weighted by Gasteiger charge is -2.27. The molecule has 30 heavy (non-hydrogen) atoms. The van der Waals surface area contributed by atoms with E-state index in [1.807, 2.05) is 9.47 Å². The Bertz CT molecular complexity index is 1070. The second-order valence-electron chi connectivity index (χ2n) is 7.80. The molecule has 2 fully saturated rings. The van der Waals surface area contributed by atoms with Gasteiger partial charge in [-0.25, -0.2) is 4.79 Å². The van der Waals surface area contributed by atoms with Crippen LogP contribution in [0.2, 0.25) is 0 Å². The van der Waals surface area contributed by atoms with Gasteiger partial charge in [0.15, 0.2) is 11.2 Å². The quantitative estimate of drug-likeness (QED) is 0.552. The zero-order chi connectivity index (χ0) is 21.3. The minimum absolute atomic E-state index is 0.181. The first-order valence-electron chi connectivity index (χ1n) is 10.5. The van der Waals surface area contributed by atoms with Crippen LogP contribution >= 0.6 is 0 Å². The molecule has 1 atom stereocenters. The van der Waals surface area contributed by atoms with Gasteiger partial charge < -0.3 is 14.5 Å². The molecule has 2 aliphatic heterocycles. The van der Waals surface area contributed by atoms with Gasteiger partial charge in [-0.15, -0.1) is 5.92 Å². The van der Waals surface area contributed by atoms with E-state index in [-0.39, 0.29) is 11.5 Å². The molecule has 0 unspecified atom stereocenters. The molecule has 2 saturated heterocycles. The van der Waals surface area contributed by atoms with Crippen molar-refractivity contribution in [2.24, 2.45) is 7.05 Å². The first kappa shape index (κ1) is 20.3. The number of carbonyl (C=O) groups is 1. The van der Waals surface area contributed by atoms with Crippen LogP contribution < -0.4 is 15.4 Å². The highest BCUT2D eigenvalue weighted by molar-refractivity contribution is 5.81. The van der Waals surface area contributed by atoms with Crippen molar-refractivity contribution in [2.75, 3.05) is 36.5 Å². The van der Waals surface area contributed by atoms with Gasteiger partial charge in [-0.2, -0.15) is 9.97 Å². The third-order valence-corrected chi connectivity index (χ3v) is 5.98. The zero-order valence-corrected chi connectivity index (χ0v) is 17.8. The van der Waals surface area contributed by atoms with Crippen LogP contribution in [-0.2, 0) is 23.1 Å². The van der Waals surface area contributed by atoms with Gasteiger partial charge in [0.2, 0.25) is 11.9 Å². The van der Waals surface area contributed by atoms with Crippen LogP contribution in [0.1, 0.15) is 39.0 Å². The molecule has 160 valence electrons. The summed E-state index contributed by atoms with van der Waals surface area (Å²) in [7, 11) is 3.08. The standard InChI is InChI=1S/C21H28N6O3/c1-4-5-13-27-16-17(23-21(27)25-11-7-6-8-12-25)22-20(24(2)18(16)28)26-14-9-10-15(26)19(29)30-3/h15H,6-14H2,1-3H3/t15-/m1/s1. The summed E-state index contributed by atoms with van der Waals surface area (Å²) >= 11 is 0. The molecule has 2 aromatic rings. The number of imidazole rings is 1. The fraction of sp³-hybridized carbons (Fsp3) is 0.619. The smallest absolute Gasteiger partial charge is 0.328 e. The third-order valence-electron chi connectivity index (χ3n) is 5.98. The molecule has 0 aromatic carbocycles. The Morgan fingerprint density at radius 3 is 2.57 bits per heavy atom. The summed E-state index contributed by atoms with van der Waals surface area (Å²) in [6.07, 6.45) is 4.94. The lowest BCUT2D eigenvalue weighted by Crippen LogP contribution is -2.40. The maximum Gasteiger partial charge on any atom is 0.328 e. The van der Waals surface area contributed by atoms with E-state index in [2.05, 4.69) is 16.7 Å². The fourth-order valence-electron chi connectivity index (χ4n) is 4.42. The molecule has 2 aromatic heterocycles. The van der Waals surface area contributed by atoms with Crippen LogP contribution in [0.3, 0.4) is 0 Å². The monoisotopic (exact) mass is 412 g/mol. The minimum Gasteiger partial charge on any atom is -0.467 e. The van der Waals surface area contributed by atoms with Gasteiger partial charge in [-0.05, 0) is 39.0 Å². The largest absolute Gasteiger partial charge is 0.467 e. The average molecular weight is 412 g/mol. The highest BCUT2D eigenvalue weighted by atomic mass is 16.5. The summed E-state index contributed by atoms with van der Waals surface area (Å²) in [5.41, 5.74) is 0.680. The number of hydrogen-bond donors (Lipinski definition) is 0. The molecule has 9 heteroatoms. The molecule has 0 bridgehead atoms. The van der Waals surface area contributed by atoms with Crippen LogP contribution in [0.4, 0.5) is 11.9 Å². The van der Waals surface area contributed by atoms with E-state index < -0.39 is 6.04 Å². The van der Waals surface area contributed by atoms with Gasteiger partial charge in [0.25, 0.3) is 5.56 Å². The van der Waals surface area contributed by atoms with E-state index in [0.717, 1.165) is 38.3 Å². The summed E-state index contributed by atoms with van der Waals surface area (Å²) in [4.78, 5) is 39.2. The van der Waals surface area contributed by atoms with Crippen molar-refractivity contribution in [3.63, 3.8) is 0 Å². The average Bonchev–Trinajstić information content (AvgIpc) is 3.39. The van der Waals surface area contributed by atoms with E-state index in [0.29, 0.717) is 36.6 Å². The van der Waals surface area contributed by atoms with Crippen LogP contribution in [0.5, 0.6) is 0 Å². The molecule has 0 amide bonds. The van der Waals surface area contributed by atoms with E-state index >= 15 is 0 Å². The van der Waals surface area contributed by atoms with Gasteiger partial charge >= 0.3 is 5.97 Å². The SMILES string of the molecule is CC#CCn1c(N2CCCCC2)nc2nc(N3CCC[C@@H]3C(=O)OC)n(C)c(=O)c21. The summed E-state index contributed by atoms with van der Waals surface area (Å²) in [6, 6.07) is -0.430. The van der Waals surface area contributed by atoms with Crippen molar-refractivity contribution in [1.29, 1.82) is 0 Å². The molecule has 2 aliphatic rings. The van der Waals surface area contributed by atoms with Crippen LogP contribution in [0, 0.1) is 11.8 Å². The number of nitrogens with zero attached hydrogens (tertiary/aromatic N) is 6. The number of ether oxygens (including phenoxy) is 1. The summed E-state index contributed by atoms with van der Waals surface area (Å²) < 4.78 is 8.35. The van der Waals surface area contributed by atoms with Gasteiger partial charge in [0, 0.05) is 26.7 Å². The van der Waals surface area contributed by atoms with E-state index in [9.17, 15) is 9.59 Å². The number of carbonyl (C=O) groups excluding carboxylic acids is 1. The highest BCUT2D eigenvalue weighted by Crippen LogP contribution is 2.27. The number of aromatic nitrogens is 4. The molecule has 0 aliphatic carbocycles. The molecule has 4 heterocycles. The van der Waals surface area contributed by atoms with Crippen molar-refractivity contribution in [2.45, 2.75) is 51.6 Å². The molecular formula is C21H28N6O3. The van der Waals surface area contributed by atoms with E-state index in [4.69, 9.17) is 14.7 Å². The number of rotatable bonds is 4. The topological polar surface area (TPSA) is 85.5 Å². The fourth-order valence-corrected chi connectivity index (χ4v) is 4.42. The van der Waals surface area contributed by atoms with Crippen molar-refractivity contribution in [3.8, 4) is 11.8 Å². The normalized spacial score (nSPS) is 19.1. The van der Waals surface area contributed by atoms with Crippen molar-refractivity contribution in [3.05, 3.63) is 10.4 Å². The predicted octanol–water partition coefficient (Wildman–Crippen LogP) is 1.29. The molecule has 0 N–H and O–H groups in total. The number of hydrogen-bond acceptors (Lipinski definition) is 7. The van der Waals surface area contributed by atoms with Gasteiger partial charge in [-0.1, -0.05) is 5.92 Å². The Morgan fingerprint density at radius 1 is 1.13 bits per heavy atom. The molecule has 0 radical (unpaired) electrons. The Balaban J connectivity index is 1.86. The van der Waals surface area contributed by atoms with Crippen molar-refractivity contribution < 1.29 is 9.53 Å². The maximum absolute atomic E-state index is 13.4. The lowest BCUT2D eigenvalue weighted by molar-refractivity contribution is -0.141. The Morgan fingerprint density at radius 2 is 1.87 bits per heavy atom. The second-order valence-corrected chi connectivity index (χ2v) is 7.80. The van der Waals surface area contributed by atoms with Gasteiger partial charge in [0.1, 0.15) is 6.04 Å². The summed E-state index contributed by atoms with van der Waals surface area (Å²) in [5.74, 6) is 6.88. The number of esters is 1. The number of methoxy groups -OCH3 is 1. The first-order chi connectivity index (χ1) is 14.6. The first-order valence-corrected chi connectivity index (χ1v) is 10.5. The van der Waals surface area contributed by atoms with E-state index in [1.54, 1.807) is 14.0 Å². The van der Waals surface area contributed by atoms with Crippen LogP contribution in [-0.4, -0.2) is 57.9 Å². The van der Waals surface area contributed by atoms with Gasteiger partial charge in [0.05, 0.1) is 13.7 Å². The molecule has 0 saturated carbocycles. The Hall–Kier alpha value is -3.02. The molecule has 0 spiro atoms. The highest BCUT2D eigenvalue weighted by Gasteiger charge is 2.35. The zero-order valence-electron chi connectivity index (χ0n) is 17.8. The Labute approximate surface area is 175 Å². The Kier molecular flexibility index (Phi) is 5.66. The molecule has 9 nitrogen and oxygen atoms in total. The number of anilines is 2. The maximum atomic E-state index is 13.4. The molecular weight excluding hydrogens is 384 g/mol. The summed E-state index contributed by atoms with van der Waals surface area (Å²) in [5, 5.41) is 0. The van der Waals surface area contributed by atoms with Crippen LogP contribution in [0.15, 0.2) is 4.79 Å². The predicted molar refractivity (Wildman–Crippen MR) is 115 cm³/mol.